The third-order valence-electron chi connectivity index (χ3n) is 0. The monoisotopic (exact) mass is 103 g/mol. The lowest BCUT2D eigenvalue weighted by atomic mass is 10.8. The molecule has 4 heteroatoms. The molecule has 0 spiro atoms. The maximum Gasteiger partial charge on any atom is 0.108 e. The van der Waals surface area contributed by atoms with Gasteiger partial charge in [-0.1, -0.05) is 0 Å². The molecular formula is H2BP2Si. The molecule has 0 aromatic heterocycles. The van der Waals surface area contributed by atoms with E-state index in [9.17, 15) is 0 Å². The fourth-order valence-electron chi connectivity index (χ4n) is 0. The van der Waals surface area contributed by atoms with Gasteiger partial charge in [0.1, 0.15) is 7.57 Å². The van der Waals surface area contributed by atoms with Gasteiger partial charge in [0.25, 0.3) is 0 Å². The maximum atomic E-state index is 5.05. The average molecular weight is 103 g/mol. The lowest BCUT2D eigenvalue weighted by Gasteiger charge is -1.81. The first kappa shape index (κ1) is 5.14. The molecule has 0 heterocycles. The van der Waals surface area contributed by atoms with Crippen molar-refractivity contribution in [3.8, 4) is 0 Å². The van der Waals surface area contributed by atoms with E-state index in [4.69, 9.17) is 7.57 Å². The van der Waals surface area contributed by atoms with Crippen LogP contribution in [0, 0.1) is 0 Å². The molecule has 0 amide bonds. The van der Waals surface area contributed by atoms with Crippen LogP contribution in [0.2, 0.25) is 0 Å². The van der Waals surface area contributed by atoms with Crippen molar-refractivity contribution < 1.29 is 0 Å². The van der Waals surface area contributed by atoms with Crippen LogP contribution in [0.5, 0.6) is 0 Å². The molecule has 0 aliphatic rings. The summed E-state index contributed by atoms with van der Waals surface area (Å²) in [6, 6.07) is 0. The molecule has 5 radical (unpaired) electrons. The molecular weight excluding hydrogens is 101 g/mol. The van der Waals surface area contributed by atoms with Crippen LogP contribution < -0.4 is 0 Å². The summed E-state index contributed by atoms with van der Waals surface area (Å²) < 4.78 is 0. The molecule has 0 aromatic carbocycles. The van der Waals surface area contributed by atoms with Gasteiger partial charge in [0.15, 0.2) is 0 Å². The maximum absolute atomic E-state index is 5.05. The van der Waals surface area contributed by atoms with Gasteiger partial charge in [-0.05, 0) is 0 Å². The van der Waals surface area contributed by atoms with Crippen LogP contribution in [0.1, 0.15) is 0 Å². The van der Waals surface area contributed by atoms with E-state index in [2.05, 4.69) is 18.8 Å². The Morgan fingerprint density at radius 1 is 2.00 bits per heavy atom. The molecule has 0 aromatic rings. The fraction of sp³-hybridized carbons (Fsp3) is 0. The summed E-state index contributed by atoms with van der Waals surface area (Å²) in [5.41, 5.74) is 0. The Bertz CT molecular complexity index is 10.8. The largest absolute Gasteiger partial charge is 0.155 e. The Morgan fingerprint density at radius 2 is 2.00 bits per heavy atom. The van der Waals surface area contributed by atoms with Crippen molar-refractivity contribution in [3.05, 3.63) is 0 Å². The van der Waals surface area contributed by atoms with E-state index in [-0.39, 0.29) is 0 Å². The van der Waals surface area contributed by atoms with Crippen LogP contribution in [0.4, 0.5) is 0 Å². The summed E-state index contributed by atoms with van der Waals surface area (Å²) in [7, 11) is 10.2. The van der Waals surface area contributed by atoms with Gasteiger partial charge in [0.2, 0.25) is 0 Å². The Labute approximate surface area is 34.2 Å². The van der Waals surface area contributed by atoms with Crippen molar-refractivity contribution in [2.75, 3.05) is 0 Å². The van der Waals surface area contributed by atoms with Crippen LogP contribution >= 0.6 is 16.0 Å². The fourth-order valence-corrected chi connectivity index (χ4v) is 0. The van der Waals surface area contributed by atoms with Gasteiger partial charge in [-0.15, -0.1) is 8.93 Å². The van der Waals surface area contributed by atoms with E-state index in [0.29, 0.717) is 0 Å². The van der Waals surface area contributed by atoms with Gasteiger partial charge in [-0.3, -0.25) is 0 Å². The van der Waals surface area contributed by atoms with Crippen molar-refractivity contribution in [3.63, 3.8) is 0 Å². The van der Waals surface area contributed by atoms with Crippen molar-refractivity contribution in [1.29, 1.82) is 0 Å². The van der Waals surface area contributed by atoms with Crippen LogP contribution in [-0.4, -0.2) is 17.5 Å². The Kier molecular flexibility index (Phi) is 3.06. The average Bonchev–Trinajstić information content (AvgIpc) is 0.811. The van der Waals surface area contributed by atoms with Crippen LogP contribution in [0.3, 0.4) is 0 Å². The molecule has 0 fully saturated rings. The summed E-state index contributed by atoms with van der Waals surface area (Å²) >= 11 is 0. The first-order valence-corrected chi connectivity index (χ1v) is 5.11. The second-order valence-corrected chi connectivity index (χ2v) is 5.99. The second-order valence-electron chi connectivity index (χ2n) is 0.407. The van der Waals surface area contributed by atoms with E-state index < -0.39 is 7.04 Å². The minimum absolute atomic E-state index is 0.398. The van der Waals surface area contributed by atoms with Gasteiger partial charge in [0, 0.05) is 0 Å². The van der Waals surface area contributed by atoms with Gasteiger partial charge >= 0.3 is 0 Å². The molecule has 2 atom stereocenters. The number of rotatable bonds is 0. The first-order valence-electron chi connectivity index (χ1n) is 0.740. The van der Waals surface area contributed by atoms with Crippen LogP contribution in [0.25, 0.3) is 0 Å². The number of hydrogen-bond acceptors (Lipinski definition) is 0. The predicted octanol–water partition coefficient (Wildman–Crippen LogP) is 0.425. The third-order valence-corrected chi connectivity index (χ3v) is 0. The Morgan fingerprint density at radius 3 is 2.00 bits per heavy atom. The summed E-state index contributed by atoms with van der Waals surface area (Å²) in [5, 5.41) is 0. The Hall–Kier alpha value is 1.14. The zero-order valence-electron chi connectivity index (χ0n) is 2.10. The molecule has 4 heavy (non-hydrogen) atoms. The van der Waals surface area contributed by atoms with Crippen molar-refractivity contribution in [1.82, 2.24) is 0 Å². The highest BCUT2D eigenvalue weighted by atomic mass is 32.1. The number of hydrogen-bond donors (Lipinski definition) is 0. The minimum atomic E-state index is -0.398. The van der Waals surface area contributed by atoms with Crippen LogP contribution in [0.15, 0.2) is 0 Å². The van der Waals surface area contributed by atoms with Gasteiger partial charge in [0.05, 0.1) is 9.91 Å². The molecule has 0 N–H and O–H groups in total. The summed E-state index contributed by atoms with van der Waals surface area (Å²) in [5.74, 6) is 0. The highest BCUT2D eigenvalue weighted by Gasteiger charge is 1.67. The second kappa shape index (κ2) is 2.38. The van der Waals surface area contributed by atoms with E-state index in [1.807, 2.05) is 0 Å². The van der Waals surface area contributed by atoms with Gasteiger partial charge in [-0.2, -0.15) is 7.04 Å². The first-order chi connectivity index (χ1) is 1.73. The highest BCUT2D eigenvalue weighted by Crippen LogP contribution is 2.30. The van der Waals surface area contributed by atoms with Crippen LogP contribution in [-0.2, 0) is 0 Å². The highest BCUT2D eigenvalue weighted by molar-refractivity contribution is 8.37. The normalized spacial score (nSPS) is 15.5. The standard InChI is InChI=1S/BH2P2Si/c1-3(2)4/h2H2. The molecule has 19 valence electrons. The SMILES string of the molecule is [B]P([Si])P. The zero-order valence-corrected chi connectivity index (χ0v) is 5.15. The molecule has 0 rings (SSSR count). The molecule has 0 aliphatic carbocycles. The Balaban J connectivity index is 2.32. The van der Waals surface area contributed by atoms with E-state index in [1.165, 1.54) is 0 Å². The molecule has 0 nitrogen and oxygen atoms in total. The summed E-state index contributed by atoms with van der Waals surface area (Å²) in [6.45, 7) is 0. The smallest absolute Gasteiger partial charge is 0.108 e. The predicted molar refractivity (Wildman–Crippen MR) is 28.1 cm³/mol. The molecule has 0 bridgehead atoms. The quantitative estimate of drug-likeness (QED) is 0.308. The summed E-state index contributed by atoms with van der Waals surface area (Å²) in [4.78, 5) is 0. The third kappa shape index (κ3) is 11.1. The van der Waals surface area contributed by atoms with E-state index in [0.717, 1.165) is 0 Å². The van der Waals surface area contributed by atoms with Crippen molar-refractivity contribution >= 4 is 33.4 Å². The van der Waals surface area contributed by atoms with Crippen molar-refractivity contribution in [2.24, 2.45) is 0 Å². The molecule has 2 unspecified atom stereocenters. The van der Waals surface area contributed by atoms with E-state index in [1.54, 1.807) is 0 Å². The molecule has 0 saturated carbocycles. The van der Waals surface area contributed by atoms with E-state index >= 15 is 0 Å². The zero-order chi connectivity index (χ0) is 3.58. The van der Waals surface area contributed by atoms with Crippen molar-refractivity contribution in [2.45, 2.75) is 0 Å². The lowest BCUT2D eigenvalue weighted by molar-refractivity contribution is 4.66. The summed E-state index contributed by atoms with van der Waals surface area (Å²) in [6.07, 6.45) is 0. The lowest BCUT2D eigenvalue weighted by Crippen LogP contribution is -1.45. The molecule has 0 aliphatic heterocycles. The van der Waals surface area contributed by atoms with Gasteiger partial charge < -0.3 is 0 Å². The van der Waals surface area contributed by atoms with Gasteiger partial charge in [-0.25, -0.2) is 0 Å². The molecule has 0 saturated heterocycles. The topological polar surface area (TPSA) is 0 Å². The minimum Gasteiger partial charge on any atom is -0.155 e.